The van der Waals surface area contributed by atoms with Crippen LogP contribution >= 0.6 is 11.3 Å². The number of thiazole rings is 1. The number of benzene rings is 3. The number of carbonyl (C=O) groups excluding carboxylic acids is 2. The fraction of sp³-hybridized carbons (Fsp3) is 0.207. The Hall–Kier alpha value is -3.91. The summed E-state index contributed by atoms with van der Waals surface area (Å²) in [7, 11) is 0. The number of hydrogen-bond donors (Lipinski definition) is 1. The molecule has 3 aromatic carbocycles. The van der Waals surface area contributed by atoms with E-state index in [1.807, 2.05) is 37.3 Å². The Morgan fingerprint density at radius 3 is 2.54 bits per heavy atom. The summed E-state index contributed by atoms with van der Waals surface area (Å²) in [6.07, 6.45) is 4.05. The van der Waals surface area contributed by atoms with E-state index in [1.54, 1.807) is 12.1 Å². The minimum absolute atomic E-state index is 0.0389. The highest BCUT2D eigenvalue weighted by atomic mass is 32.1. The number of aliphatic hydroxyl groups excluding tert-OH is 1. The van der Waals surface area contributed by atoms with Crippen molar-refractivity contribution in [3.8, 4) is 0 Å². The maximum atomic E-state index is 13.9. The van der Waals surface area contributed by atoms with Gasteiger partial charge in [0.05, 0.1) is 21.8 Å². The molecule has 5 nitrogen and oxygen atoms in total. The van der Waals surface area contributed by atoms with E-state index in [4.69, 9.17) is 0 Å². The van der Waals surface area contributed by atoms with Gasteiger partial charge in [0.2, 0.25) is 0 Å². The largest absolute Gasteiger partial charge is 0.507 e. The van der Waals surface area contributed by atoms with Crippen molar-refractivity contribution < 1.29 is 23.5 Å². The Balaban J connectivity index is 1.55. The van der Waals surface area contributed by atoms with Gasteiger partial charge in [-0.1, -0.05) is 53.3 Å². The molecule has 1 unspecified atom stereocenters. The molecule has 8 heteroatoms. The summed E-state index contributed by atoms with van der Waals surface area (Å²) in [5.41, 5.74) is 4.51. The number of rotatable bonds is 3. The van der Waals surface area contributed by atoms with Crippen LogP contribution in [0.1, 0.15) is 46.7 Å². The number of anilines is 1. The number of fused-ring (bicyclic) bond motifs is 2. The maximum absolute atomic E-state index is 13.9. The van der Waals surface area contributed by atoms with Gasteiger partial charge in [0.15, 0.2) is 16.8 Å². The monoisotopic (exact) mass is 516 g/mol. The van der Waals surface area contributed by atoms with Gasteiger partial charge in [-0.25, -0.2) is 13.8 Å². The van der Waals surface area contributed by atoms with Gasteiger partial charge < -0.3 is 5.11 Å². The van der Waals surface area contributed by atoms with Gasteiger partial charge in [-0.15, -0.1) is 0 Å². The molecule has 37 heavy (non-hydrogen) atoms. The third-order valence-corrected chi connectivity index (χ3v) is 8.07. The van der Waals surface area contributed by atoms with Gasteiger partial charge in [-0.3, -0.25) is 14.5 Å². The normalized spacial score (nSPS) is 19.0. The first kappa shape index (κ1) is 23.5. The predicted molar refractivity (Wildman–Crippen MR) is 139 cm³/mol. The van der Waals surface area contributed by atoms with E-state index in [2.05, 4.69) is 4.98 Å². The predicted octanol–water partition coefficient (Wildman–Crippen LogP) is 6.39. The fourth-order valence-corrected chi connectivity index (χ4v) is 6.24. The topological polar surface area (TPSA) is 70.5 Å². The second-order valence-corrected chi connectivity index (χ2v) is 10.5. The first-order valence-electron chi connectivity index (χ1n) is 12.1. The minimum atomic E-state index is -1.05. The van der Waals surface area contributed by atoms with E-state index in [-0.39, 0.29) is 22.0 Å². The number of nitrogens with zero attached hydrogens (tertiary/aromatic N) is 2. The standard InChI is InChI=1S/C29H22F2N2O3S/c1-15-5-4-8-18(11-15)25-24(26(34)19-10-9-16-6-2-3-7-17(16)12-19)27(35)28(36)33(25)29-32-22-13-20(30)21(31)14-23(22)37-29/h4-5,8-14,25,34H,2-3,6-7H2,1H3/b26-24+. The van der Waals surface area contributed by atoms with E-state index < -0.39 is 29.4 Å². The summed E-state index contributed by atoms with van der Waals surface area (Å²) in [6.45, 7) is 1.89. The van der Waals surface area contributed by atoms with Crippen LogP contribution in [-0.2, 0) is 22.4 Å². The highest BCUT2D eigenvalue weighted by Gasteiger charge is 2.48. The first-order valence-corrected chi connectivity index (χ1v) is 12.9. The highest BCUT2D eigenvalue weighted by Crippen LogP contribution is 2.44. The molecule has 0 spiro atoms. The molecule has 0 saturated carbocycles. The Labute approximate surface area is 215 Å². The van der Waals surface area contributed by atoms with Gasteiger partial charge in [0, 0.05) is 11.6 Å². The Morgan fingerprint density at radius 1 is 1.00 bits per heavy atom. The molecular formula is C29H22F2N2O3S. The smallest absolute Gasteiger partial charge is 0.301 e. The molecule has 1 atom stereocenters. The van der Waals surface area contributed by atoms with Gasteiger partial charge >= 0.3 is 5.91 Å². The van der Waals surface area contributed by atoms with E-state index >= 15 is 0 Å². The molecule has 0 radical (unpaired) electrons. The maximum Gasteiger partial charge on any atom is 0.301 e. The van der Waals surface area contributed by atoms with Crippen LogP contribution in [0.25, 0.3) is 16.0 Å². The number of hydrogen-bond acceptors (Lipinski definition) is 5. The van der Waals surface area contributed by atoms with Gasteiger partial charge in [0.25, 0.3) is 5.78 Å². The number of amides is 1. The average molecular weight is 517 g/mol. The summed E-state index contributed by atoms with van der Waals surface area (Å²) in [5.74, 6) is -4.01. The third-order valence-electron chi connectivity index (χ3n) is 7.05. The fourth-order valence-electron chi connectivity index (χ4n) is 5.24. The number of Topliss-reactive ketones (excluding diaryl/α,β-unsaturated/α-hetero) is 1. The van der Waals surface area contributed by atoms with Crippen molar-refractivity contribution >= 4 is 44.1 Å². The molecule has 6 rings (SSSR count). The molecule has 1 amide bonds. The summed E-state index contributed by atoms with van der Waals surface area (Å²) in [5, 5.41) is 11.6. The first-order chi connectivity index (χ1) is 17.8. The van der Waals surface area contributed by atoms with Crippen molar-refractivity contribution in [2.24, 2.45) is 0 Å². The van der Waals surface area contributed by atoms with Gasteiger partial charge in [-0.05, 0) is 61.4 Å². The van der Waals surface area contributed by atoms with Crippen LogP contribution in [0, 0.1) is 18.6 Å². The van der Waals surface area contributed by atoms with E-state index in [9.17, 15) is 23.5 Å². The number of ketones is 1. The van der Waals surface area contributed by atoms with Crippen LogP contribution in [0.4, 0.5) is 13.9 Å². The van der Waals surface area contributed by atoms with Crippen molar-refractivity contribution in [1.82, 2.24) is 4.98 Å². The second kappa shape index (κ2) is 8.88. The molecule has 1 N–H and O–H groups in total. The van der Waals surface area contributed by atoms with E-state index in [0.717, 1.165) is 60.3 Å². The lowest BCUT2D eigenvalue weighted by molar-refractivity contribution is -0.132. The SMILES string of the molecule is Cc1cccc(C2/C(=C(\O)c3ccc4c(c3)CCCC4)C(=O)C(=O)N2c2nc3cc(F)c(F)cc3s2)c1. The van der Waals surface area contributed by atoms with E-state index in [1.165, 1.54) is 10.5 Å². The van der Waals surface area contributed by atoms with Crippen molar-refractivity contribution in [1.29, 1.82) is 0 Å². The summed E-state index contributed by atoms with van der Waals surface area (Å²) in [6, 6.07) is 14.0. The molecule has 1 aromatic heterocycles. The number of aryl methyl sites for hydroxylation is 3. The van der Waals surface area contributed by atoms with Crippen LogP contribution < -0.4 is 4.90 Å². The van der Waals surface area contributed by atoms with E-state index in [0.29, 0.717) is 15.8 Å². The number of aliphatic hydroxyl groups is 1. The molecule has 0 bridgehead atoms. The van der Waals surface area contributed by atoms with Crippen molar-refractivity contribution in [2.45, 2.75) is 38.6 Å². The molecular weight excluding hydrogens is 494 g/mol. The molecule has 4 aromatic rings. The zero-order valence-corrected chi connectivity index (χ0v) is 20.7. The van der Waals surface area contributed by atoms with Crippen molar-refractivity contribution in [2.75, 3.05) is 4.90 Å². The summed E-state index contributed by atoms with van der Waals surface area (Å²) in [4.78, 5) is 32.4. The molecule has 1 fully saturated rings. The number of carbonyl (C=O) groups is 2. The molecule has 186 valence electrons. The van der Waals surface area contributed by atoms with Crippen molar-refractivity contribution in [3.05, 3.63) is 99.6 Å². The average Bonchev–Trinajstić information content (AvgIpc) is 3.41. The Morgan fingerprint density at radius 2 is 1.76 bits per heavy atom. The van der Waals surface area contributed by atoms with Crippen LogP contribution in [-0.4, -0.2) is 21.8 Å². The molecule has 2 heterocycles. The third kappa shape index (κ3) is 3.92. The van der Waals surface area contributed by atoms with Crippen LogP contribution in [0.15, 0.2) is 60.2 Å². The zero-order chi connectivity index (χ0) is 25.8. The van der Waals surface area contributed by atoms with Crippen LogP contribution in [0.3, 0.4) is 0 Å². The van der Waals surface area contributed by atoms with Crippen molar-refractivity contribution in [3.63, 3.8) is 0 Å². The summed E-state index contributed by atoms with van der Waals surface area (Å²) < 4.78 is 28.1. The summed E-state index contributed by atoms with van der Waals surface area (Å²) >= 11 is 0.985. The molecule has 1 saturated heterocycles. The number of halogens is 2. The lowest BCUT2D eigenvalue weighted by Crippen LogP contribution is -2.29. The molecule has 2 aliphatic rings. The molecule has 1 aliphatic carbocycles. The Kier molecular flexibility index (Phi) is 5.64. The lowest BCUT2D eigenvalue weighted by atomic mass is 9.88. The van der Waals surface area contributed by atoms with Crippen LogP contribution in [0.2, 0.25) is 0 Å². The van der Waals surface area contributed by atoms with Gasteiger partial charge in [0.1, 0.15) is 5.76 Å². The highest BCUT2D eigenvalue weighted by molar-refractivity contribution is 7.22. The zero-order valence-electron chi connectivity index (χ0n) is 19.9. The lowest BCUT2D eigenvalue weighted by Gasteiger charge is -2.23. The number of aromatic nitrogens is 1. The second-order valence-electron chi connectivity index (χ2n) is 9.50. The van der Waals surface area contributed by atoms with Gasteiger partial charge in [-0.2, -0.15) is 0 Å². The van der Waals surface area contributed by atoms with Crippen LogP contribution in [0.5, 0.6) is 0 Å². The quantitative estimate of drug-likeness (QED) is 0.195. The Bertz CT molecular complexity index is 1600. The molecule has 1 aliphatic heterocycles. The minimum Gasteiger partial charge on any atom is -0.507 e.